The Labute approximate surface area is 102 Å². The molecule has 0 saturated heterocycles. The highest BCUT2D eigenvalue weighted by molar-refractivity contribution is 7.85. The summed E-state index contributed by atoms with van der Waals surface area (Å²) in [6.45, 7) is 5.99. The molecule has 0 aliphatic carbocycles. The van der Waals surface area contributed by atoms with Crippen LogP contribution in [0.3, 0.4) is 0 Å². The highest BCUT2D eigenvalue weighted by atomic mass is 32.2. The maximum atomic E-state index is 11.0. The van der Waals surface area contributed by atoms with Gasteiger partial charge >= 0.3 is 0 Å². The molecule has 1 N–H and O–H groups in total. The van der Waals surface area contributed by atoms with Crippen LogP contribution in [-0.2, 0) is 10.1 Å². The molecule has 0 aliphatic heterocycles. The van der Waals surface area contributed by atoms with Crippen LogP contribution in [0.1, 0.15) is 33.6 Å². The Morgan fingerprint density at radius 2 is 1.88 bits per heavy atom. The molecule has 0 heterocycles. The largest absolute Gasteiger partial charge is 0.488 e. The fourth-order valence-corrected chi connectivity index (χ4v) is 1.89. The van der Waals surface area contributed by atoms with Crippen molar-refractivity contribution >= 4 is 10.1 Å². The molecule has 0 amide bonds. The highest BCUT2D eigenvalue weighted by Crippen LogP contribution is 2.25. The smallest absolute Gasteiger partial charge is 0.294 e. The van der Waals surface area contributed by atoms with E-state index >= 15 is 0 Å². The summed E-state index contributed by atoms with van der Waals surface area (Å²) in [5, 5.41) is 0. The fraction of sp³-hybridized carbons (Fsp3) is 0.500. The second-order valence-electron chi connectivity index (χ2n) is 4.21. The number of ether oxygens (including phenoxy) is 1. The molecule has 0 bridgehead atoms. The van der Waals surface area contributed by atoms with Crippen LogP contribution in [0.15, 0.2) is 29.2 Å². The first-order valence-corrected chi connectivity index (χ1v) is 7.01. The van der Waals surface area contributed by atoms with Gasteiger partial charge < -0.3 is 4.74 Å². The summed E-state index contributed by atoms with van der Waals surface area (Å²) in [7, 11) is -4.17. The molecule has 4 nitrogen and oxygen atoms in total. The lowest BCUT2D eigenvalue weighted by Gasteiger charge is -2.28. The van der Waals surface area contributed by atoms with Crippen molar-refractivity contribution in [3.05, 3.63) is 24.3 Å². The number of rotatable bonds is 5. The lowest BCUT2D eigenvalue weighted by Crippen LogP contribution is -2.30. The van der Waals surface area contributed by atoms with Gasteiger partial charge in [0.1, 0.15) is 11.4 Å². The van der Waals surface area contributed by atoms with Gasteiger partial charge in [0.25, 0.3) is 10.1 Å². The topological polar surface area (TPSA) is 63.6 Å². The minimum absolute atomic E-state index is 0.149. The SMILES string of the molecule is CCC(C)(CC)Oc1cccc(S(=O)(=O)O)c1. The Balaban J connectivity index is 3.02. The molecule has 0 spiro atoms. The summed E-state index contributed by atoms with van der Waals surface area (Å²) in [5.74, 6) is 0.450. The van der Waals surface area contributed by atoms with Crippen LogP contribution in [-0.4, -0.2) is 18.6 Å². The van der Waals surface area contributed by atoms with Gasteiger partial charge in [-0.2, -0.15) is 8.42 Å². The number of hydrogen-bond acceptors (Lipinski definition) is 3. The average molecular weight is 258 g/mol. The molecular weight excluding hydrogens is 240 g/mol. The fourth-order valence-electron chi connectivity index (χ4n) is 1.38. The minimum atomic E-state index is -4.17. The van der Waals surface area contributed by atoms with Gasteiger partial charge in [-0.25, -0.2) is 0 Å². The van der Waals surface area contributed by atoms with Crippen LogP contribution in [0.4, 0.5) is 0 Å². The minimum Gasteiger partial charge on any atom is -0.488 e. The average Bonchev–Trinajstić information content (AvgIpc) is 2.28. The first-order valence-electron chi connectivity index (χ1n) is 5.57. The lowest BCUT2D eigenvalue weighted by molar-refractivity contribution is 0.0800. The molecule has 5 heteroatoms. The lowest BCUT2D eigenvalue weighted by atomic mass is 10.00. The summed E-state index contributed by atoms with van der Waals surface area (Å²) in [6.07, 6.45) is 1.64. The molecule has 0 saturated carbocycles. The van der Waals surface area contributed by atoms with E-state index in [2.05, 4.69) is 0 Å². The van der Waals surface area contributed by atoms with Gasteiger partial charge in [0.2, 0.25) is 0 Å². The van der Waals surface area contributed by atoms with Crippen LogP contribution >= 0.6 is 0 Å². The van der Waals surface area contributed by atoms with E-state index in [1.165, 1.54) is 12.1 Å². The molecule has 0 aromatic heterocycles. The van der Waals surface area contributed by atoms with Gasteiger partial charge in [-0.15, -0.1) is 0 Å². The van der Waals surface area contributed by atoms with Crippen LogP contribution in [0, 0.1) is 0 Å². The van der Waals surface area contributed by atoms with E-state index in [4.69, 9.17) is 9.29 Å². The summed E-state index contributed by atoms with van der Waals surface area (Å²) < 4.78 is 36.7. The molecule has 0 aliphatic rings. The molecule has 1 aromatic carbocycles. The van der Waals surface area contributed by atoms with E-state index in [0.717, 1.165) is 12.8 Å². The molecule has 96 valence electrons. The zero-order chi connectivity index (χ0) is 13.1. The van der Waals surface area contributed by atoms with Crippen molar-refractivity contribution in [2.45, 2.75) is 44.1 Å². The first-order chi connectivity index (χ1) is 7.80. The van der Waals surface area contributed by atoms with Crippen molar-refractivity contribution < 1.29 is 17.7 Å². The van der Waals surface area contributed by atoms with E-state index in [9.17, 15) is 8.42 Å². The molecule has 0 unspecified atom stereocenters. The van der Waals surface area contributed by atoms with Gasteiger partial charge in [-0.1, -0.05) is 19.9 Å². The third kappa shape index (κ3) is 3.71. The number of hydrogen-bond donors (Lipinski definition) is 1. The Bertz CT molecular complexity index is 475. The normalized spacial score (nSPS) is 12.5. The quantitative estimate of drug-likeness (QED) is 0.825. The molecule has 0 atom stereocenters. The zero-order valence-electron chi connectivity index (χ0n) is 10.3. The third-order valence-corrected chi connectivity index (χ3v) is 3.81. The molecular formula is C12H18O4S. The van der Waals surface area contributed by atoms with E-state index in [1.54, 1.807) is 12.1 Å². The van der Waals surface area contributed by atoms with Gasteiger partial charge in [0.05, 0.1) is 4.90 Å². The van der Waals surface area contributed by atoms with E-state index < -0.39 is 10.1 Å². The predicted octanol–water partition coefficient (Wildman–Crippen LogP) is 2.89. The summed E-state index contributed by atoms with van der Waals surface area (Å²) in [5.41, 5.74) is -0.322. The summed E-state index contributed by atoms with van der Waals surface area (Å²) in [4.78, 5) is -0.149. The molecule has 1 rings (SSSR count). The summed E-state index contributed by atoms with van der Waals surface area (Å²) >= 11 is 0. The van der Waals surface area contributed by atoms with Crippen molar-refractivity contribution in [2.75, 3.05) is 0 Å². The molecule has 0 fully saturated rings. The van der Waals surface area contributed by atoms with E-state index in [-0.39, 0.29) is 10.5 Å². The van der Waals surface area contributed by atoms with Gasteiger partial charge in [-0.3, -0.25) is 4.55 Å². The Morgan fingerprint density at radius 1 is 1.29 bits per heavy atom. The first kappa shape index (κ1) is 14.0. The Kier molecular flexibility index (Phi) is 4.16. The standard InChI is InChI=1S/C12H18O4S/c1-4-12(3,5-2)16-10-7-6-8-11(9-10)17(13,14)15/h6-9H,4-5H2,1-3H3,(H,13,14,15). The zero-order valence-corrected chi connectivity index (χ0v) is 11.1. The second-order valence-corrected chi connectivity index (χ2v) is 5.63. The molecule has 17 heavy (non-hydrogen) atoms. The van der Waals surface area contributed by atoms with Crippen LogP contribution in [0.5, 0.6) is 5.75 Å². The van der Waals surface area contributed by atoms with Gasteiger partial charge in [0, 0.05) is 6.07 Å². The van der Waals surface area contributed by atoms with Crippen molar-refractivity contribution in [3.8, 4) is 5.75 Å². The molecule has 0 radical (unpaired) electrons. The Morgan fingerprint density at radius 3 is 2.35 bits per heavy atom. The van der Waals surface area contributed by atoms with Crippen molar-refractivity contribution in [1.82, 2.24) is 0 Å². The Hall–Kier alpha value is -1.07. The summed E-state index contributed by atoms with van der Waals surface area (Å²) in [6, 6.07) is 5.89. The van der Waals surface area contributed by atoms with Crippen molar-refractivity contribution in [2.24, 2.45) is 0 Å². The second kappa shape index (κ2) is 5.06. The van der Waals surface area contributed by atoms with Gasteiger partial charge in [0.15, 0.2) is 0 Å². The monoisotopic (exact) mass is 258 g/mol. The number of benzene rings is 1. The highest BCUT2D eigenvalue weighted by Gasteiger charge is 2.22. The van der Waals surface area contributed by atoms with E-state index in [0.29, 0.717) is 5.75 Å². The van der Waals surface area contributed by atoms with Crippen LogP contribution in [0.25, 0.3) is 0 Å². The van der Waals surface area contributed by atoms with Crippen LogP contribution < -0.4 is 4.74 Å². The third-order valence-electron chi connectivity index (χ3n) is 2.96. The van der Waals surface area contributed by atoms with Crippen LogP contribution in [0.2, 0.25) is 0 Å². The van der Waals surface area contributed by atoms with Crippen molar-refractivity contribution in [1.29, 1.82) is 0 Å². The van der Waals surface area contributed by atoms with Crippen molar-refractivity contribution in [3.63, 3.8) is 0 Å². The maximum absolute atomic E-state index is 11.0. The molecule has 1 aromatic rings. The predicted molar refractivity (Wildman–Crippen MR) is 65.9 cm³/mol. The van der Waals surface area contributed by atoms with Gasteiger partial charge in [-0.05, 0) is 31.9 Å². The van der Waals surface area contributed by atoms with E-state index in [1.807, 2.05) is 20.8 Å². The maximum Gasteiger partial charge on any atom is 0.294 e.